The van der Waals surface area contributed by atoms with Gasteiger partial charge in [-0.15, -0.1) is 0 Å². The number of rotatable bonds is 2. The molecule has 0 saturated carbocycles. The summed E-state index contributed by atoms with van der Waals surface area (Å²) in [6.07, 6.45) is 1.93. The Morgan fingerprint density at radius 2 is 2.25 bits per heavy atom. The highest BCUT2D eigenvalue weighted by Gasteiger charge is 2.39. The van der Waals surface area contributed by atoms with Crippen LogP contribution in [0.5, 0.6) is 0 Å². The molecule has 0 aromatic carbocycles. The Morgan fingerprint density at radius 1 is 1.50 bits per heavy atom. The van der Waals surface area contributed by atoms with E-state index in [2.05, 4.69) is 20.4 Å². The van der Waals surface area contributed by atoms with E-state index in [0.29, 0.717) is 23.2 Å². The van der Waals surface area contributed by atoms with Gasteiger partial charge in [-0.3, -0.25) is 0 Å². The van der Waals surface area contributed by atoms with Crippen LogP contribution in [0.1, 0.15) is 18.9 Å². The third-order valence-electron chi connectivity index (χ3n) is 3.53. The summed E-state index contributed by atoms with van der Waals surface area (Å²) in [5.41, 5.74) is 0.183. The van der Waals surface area contributed by atoms with E-state index in [4.69, 9.17) is 11.6 Å². The Labute approximate surface area is 121 Å². The van der Waals surface area contributed by atoms with E-state index < -0.39 is 15.4 Å². The molecule has 1 saturated heterocycles. The van der Waals surface area contributed by atoms with Gasteiger partial charge in [0.2, 0.25) is 0 Å². The second-order valence-corrected chi connectivity index (χ2v) is 7.92. The fourth-order valence-electron chi connectivity index (χ4n) is 2.44. The highest BCUT2D eigenvalue weighted by Crippen LogP contribution is 2.30. The lowest BCUT2D eigenvalue weighted by Crippen LogP contribution is -2.37. The van der Waals surface area contributed by atoms with Gasteiger partial charge in [0.1, 0.15) is 17.3 Å². The van der Waals surface area contributed by atoms with Gasteiger partial charge < -0.3 is 5.32 Å². The van der Waals surface area contributed by atoms with Crippen molar-refractivity contribution in [2.75, 3.05) is 16.8 Å². The van der Waals surface area contributed by atoms with Crippen LogP contribution in [0.4, 0.5) is 5.82 Å². The van der Waals surface area contributed by atoms with E-state index in [-0.39, 0.29) is 11.5 Å². The van der Waals surface area contributed by atoms with Crippen molar-refractivity contribution >= 4 is 33.0 Å². The van der Waals surface area contributed by atoms with Gasteiger partial charge in [-0.05, 0) is 20.3 Å². The van der Waals surface area contributed by atoms with E-state index in [0.717, 1.165) is 5.56 Å². The normalized spacial score (nSPS) is 25.1. The van der Waals surface area contributed by atoms with E-state index in [1.807, 2.05) is 13.8 Å². The summed E-state index contributed by atoms with van der Waals surface area (Å²) in [7, 11) is -2.99. The van der Waals surface area contributed by atoms with Crippen molar-refractivity contribution in [1.82, 2.24) is 19.6 Å². The highest BCUT2D eigenvalue weighted by molar-refractivity contribution is 7.91. The standard InChI is InChI=1S/C11H14ClN5O2S/c1-7-8(12)15-10-13-6-14-17(10)9(7)16-11(2)3-4-20(18,19)5-11/h6,16H,3-5H2,1-2H3. The number of hydrogen-bond acceptors (Lipinski definition) is 6. The largest absolute Gasteiger partial charge is 0.363 e. The maximum Gasteiger partial charge on any atom is 0.255 e. The number of aromatic nitrogens is 4. The van der Waals surface area contributed by atoms with Crippen molar-refractivity contribution in [3.05, 3.63) is 17.0 Å². The van der Waals surface area contributed by atoms with E-state index in [1.165, 1.54) is 10.8 Å². The molecule has 0 amide bonds. The quantitative estimate of drug-likeness (QED) is 0.834. The Hall–Kier alpha value is -1.41. The van der Waals surface area contributed by atoms with Gasteiger partial charge in [0.15, 0.2) is 9.84 Å². The first-order chi connectivity index (χ1) is 9.30. The molecule has 2 aromatic rings. The van der Waals surface area contributed by atoms with Crippen molar-refractivity contribution in [3.63, 3.8) is 0 Å². The number of hydrogen-bond donors (Lipinski definition) is 1. The first kappa shape index (κ1) is 13.6. The molecule has 1 aliphatic heterocycles. The fraction of sp³-hybridized carbons (Fsp3) is 0.545. The number of sulfone groups is 1. The van der Waals surface area contributed by atoms with Crippen molar-refractivity contribution in [2.45, 2.75) is 25.8 Å². The summed E-state index contributed by atoms with van der Waals surface area (Å²) in [5.74, 6) is 1.30. The van der Waals surface area contributed by atoms with Crippen LogP contribution in [0.3, 0.4) is 0 Å². The van der Waals surface area contributed by atoms with Gasteiger partial charge >= 0.3 is 0 Å². The minimum atomic E-state index is -2.99. The molecule has 0 aliphatic carbocycles. The van der Waals surface area contributed by atoms with E-state index in [1.54, 1.807) is 0 Å². The number of fused-ring (bicyclic) bond motifs is 1. The predicted molar refractivity (Wildman–Crippen MR) is 75.8 cm³/mol. The van der Waals surface area contributed by atoms with Crippen LogP contribution in [0, 0.1) is 6.92 Å². The van der Waals surface area contributed by atoms with Crippen molar-refractivity contribution < 1.29 is 8.42 Å². The van der Waals surface area contributed by atoms with E-state index >= 15 is 0 Å². The fourth-order valence-corrected chi connectivity index (χ4v) is 4.70. The molecule has 9 heteroatoms. The van der Waals surface area contributed by atoms with Gasteiger partial charge in [0.25, 0.3) is 5.78 Å². The summed E-state index contributed by atoms with van der Waals surface area (Å²) < 4.78 is 24.9. The van der Waals surface area contributed by atoms with Crippen LogP contribution in [0.2, 0.25) is 5.15 Å². The number of nitrogens with zero attached hydrogens (tertiary/aromatic N) is 4. The molecule has 7 nitrogen and oxygen atoms in total. The number of nitrogens with one attached hydrogen (secondary N) is 1. The average Bonchev–Trinajstić information content (AvgIpc) is 2.90. The molecule has 3 heterocycles. The maximum absolute atomic E-state index is 11.7. The zero-order valence-corrected chi connectivity index (χ0v) is 12.7. The molecule has 0 radical (unpaired) electrons. The van der Waals surface area contributed by atoms with Gasteiger partial charge in [0.05, 0.1) is 17.0 Å². The minimum absolute atomic E-state index is 0.0928. The zero-order chi connectivity index (χ0) is 14.5. The lowest BCUT2D eigenvalue weighted by Gasteiger charge is -2.26. The summed E-state index contributed by atoms with van der Waals surface area (Å²) in [5, 5.41) is 7.70. The second kappa shape index (κ2) is 4.29. The predicted octanol–water partition coefficient (Wildman–Crippen LogP) is 1.08. The van der Waals surface area contributed by atoms with Crippen LogP contribution >= 0.6 is 11.6 Å². The third-order valence-corrected chi connectivity index (χ3v) is 5.80. The molecular weight excluding hydrogens is 302 g/mol. The molecule has 108 valence electrons. The summed E-state index contributed by atoms with van der Waals surface area (Å²) in [6, 6.07) is 0. The van der Waals surface area contributed by atoms with Crippen LogP contribution in [-0.2, 0) is 9.84 Å². The summed E-state index contributed by atoms with van der Waals surface area (Å²) in [6.45, 7) is 3.69. The van der Waals surface area contributed by atoms with Gasteiger partial charge in [-0.25, -0.2) is 8.42 Å². The van der Waals surface area contributed by atoms with Gasteiger partial charge in [-0.1, -0.05) is 11.6 Å². The summed E-state index contributed by atoms with van der Waals surface area (Å²) >= 11 is 6.09. The third kappa shape index (κ3) is 2.22. The maximum atomic E-state index is 11.7. The highest BCUT2D eigenvalue weighted by atomic mass is 35.5. The molecule has 1 atom stereocenters. The molecule has 20 heavy (non-hydrogen) atoms. The van der Waals surface area contributed by atoms with Crippen molar-refractivity contribution in [3.8, 4) is 0 Å². The molecule has 0 bridgehead atoms. The number of anilines is 1. The first-order valence-corrected chi connectivity index (χ1v) is 8.34. The van der Waals surface area contributed by atoms with Gasteiger partial charge in [0, 0.05) is 5.56 Å². The molecule has 1 N–H and O–H groups in total. The molecule has 1 unspecified atom stereocenters. The molecule has 3 rings (SSSR count). The van der Waals surface area contributed by atoms with Crippen molar-refractivity contribution in [1.29, 1.82) is 0 Å². The molecule has 1 fully saturated rings. The minimum Gasteiger partial charge on any atom is -0.363 e. The van der Waals surface area contributed by atoms with E-state index in [9.17, 15) is 8.42 Å². The molecular formula is C11H14ClN5O2S. The van der Waals surface area contributed by atoms with Crippen LogP contribution < -0.4 is 5.32 Å². The number of halogens is 1. The molecule has 2 aromatic heterocycles. The zero-order valence-electron chi connectivity index (χ0n) is 11.1. The first-order valence-electron chi connectivity index (χ1n) is 6.14. The summed E-state index contributed by atoms with van der Waals surface area (Å²) in [4.78, 5) is 8.12. The van der Waals surface area contributed by atoms with Crippen LogP contribution in [-0.4, -0.2) is 45.0 Å². The average molecular weight is 316 g/mol. The Balaban J connectivity index is 2.07. The molecule has 0 spiro atoms. The second-order valence-electron chi connectivity index (χ2n) is 5.38. The Morgan fingerprint density at radius 3 is 2.90 bits per heavy atom. The van der Waals surface area contributed by atoms with Gasteiger partial charge in [-0.2, -0.15) is 19.6 Å². The van der Waals surface area contributed by atoms with Crippen LogP contribution in [0.15, 0.2) is 6.33 Å². The lowest BCUT2D eigenvalue weighted by atomic mass is 10.0. The Bertz CT molecular complexity index is 787. The smallest absolute Gasteiger partial charge is 0.255 e. The Kier molecular flexibility index (Phi) is 2.91. The monoisotopic (exact) mass is 315 g/mol. The molecule has 1 aliphatic rings. The lowest BCUT2D eigenvalue weighted by molar-refractivity contribution is 0.568. The topological polar surface area (TPSA) is 89.2 Å². The SMILES string of the molecule is Cc1c(Cl)nc2ncnn2c1NC1(C)CCS(=O)(=O)C1. The van der Waals surface area contributed by atoms with Crippen LogP contribution in [0.25, 0.3) is 5.78 Å². The van der Waals surface area contributed by atoms with Crippen molar-refractivity contribution in [2.24, 2.45) is 0 Å².